The minimum atomic E-state index is -1.81. The summed E-state index contributed by atoms with van der Waals surface area (Å²) in [5.74, 6) is 0. The van der Waals surface area contributed by atoms with Gasteiger partial charge in [-0.05, 0) is 54.4 Å². The van der Waals surface area contributed by atoms with Crippen molar-refractivity contribution >= 4 is 19.9 Å². The van der Waals surface area contributed by atoms with Gasteiger partial charge < -0.3 is 13.3 Å². The predicted octanol–water partition coefficient (Wildman–Crippen LogP) is 2.81. The summed E-state index contributed by atoms with van der Waals surface area (Å²) in [6.45, 7) is 19.9. The Balaban J connectivity index is 0. The van der Waals surface area contributed by atoms with Gasteiger partial charge in [0.2, 0.25) is 0 Å². The molecule has 0 saturated carbocycles. The minimum Gasteiger partial charge on any atom is -0.428 e. The van der Waals surface area contributed by atoms with Gasteiger partial charge in [-0.15, -0.1) is 0 Å². The first kappa shape index (κ1) is 24.5. The molecule has 0 aliphatic rings. The van der Waals surface area contributed by atoms with Gasteiger partial charge in [0.1, 0.15) is 10.5 Å². The average Bonchev–Trinajstić information content (AvgIpc) is 2.32. The molecule has 0 aromatic carbocycles. The molecule has 0 radical (unpaired) electrons. The Labute approximate surface area is 144 Å². The van der Waals surface area contributed by atoms with Crippen molar-refractivity contribution in [2.45, 2.75) is 98.8 Å². The van der Waals surface area contributed by atoms with Crippen LogP contribution in [0.4, 0.5) is 0 Å². The Hall–Kier alpha value is 0.274. The molecule has 0 rings (SSSR count). The maximum atomic E-state index is 5.99. The van der Waals surface area contributed by atoms with Crippen molar-refractivity contribution in [3.05, 3.63) is 0 Å². The number of nitrogens with one attached hydrogen (secondary N) is 1. The molecule has 0 aliphatic carbocycles. The van der Waals surface area contributed by atoms with E-state index >= 15 is 0 Å². The van der Waals surface area contributed by atoms with Crippen molar-refractivity contribution < 1.29 is 13.3 Å². The topological polar surface area (TPSA) is 39.7 Å². The molecule has 0 aromatic rings. The molecule has 0 amide bonds. The standard InChI is InChI=1S/C12H29NO2Si.C4H12OSi/c1-9-10(2)13-16(14-11(3,4)5)15-12(6,7)8;1-2-3-4-5-6/h10,13,16H,9H2,1-8H3;2-4H2,1,6H3. The fraction of sp³-hybridized carbons (Fsp3) is 1.00. The summed E-state index contributed by atoms with van der Waals surface area (Å²) in [7, 11) is -0.906. The molecule has 0 fully saturated rings. The number of hydrogen-bond donors (Lipinski definition) is 1. The van der Waals surface area contributed by atoms with E-state index in [1.807, 2.05) is 0 Å². The summed E-state index contributed by atoms with van der Waals surface area (Å²) in [5, 5.41) is 0. The highest BCUT2D eigenvalue weighted by atomic mass is 28.3. The Morgan fingerprint density at radius 1 is 1.00 bits per heavy atom. The Bertz CT molecular complexity index is 233. The molecular weight excluding hydrogens is 310 g/mol. The predicted molar refractivity (Wildman–Crippen MR) is 103 cm³/mol. The van der Waals surface area contributed by atoms with E-state index in [-0.39, 0.29) is 11.2 Å². The van der Waals surface area contributed by atoms with Gasteiger partial charge in [-0.3, -0.25) is 4.98 Å². The third-order valence-corrected chi connectivity index (χ3v) is 5.75. The van der Waals surface area contributed by atoms with E-state index < -0.39 is 9.45 Å². The minimum absolute atomic E-state index is 0.150. The van der Waals surface area contributed by atoms with Crippen molar-refractivity contribution in [3.8, 4) is 0 Å². The van der Waals surface area contributed by atoms with Crippen LogP contribution in [0, 0.1) is 0 Å². The third-order valence-electron chi connectivity index (χ3n) is 2.66. The molecule has 1 N–H and O–H groups in total. The SMILES string of the molecule is CCC(C)N[SiH](OC(C)(C)C)OC(C)(C)C.CCCCO[SiH3]. The number of hydrogen-bond acceptors (Lipinski definition) is 4. The Morgan fingerprint density at radius 2 is 1.45 bits per heavy atom. The molecule has 0 heterocycles. The Kier molecular flexibility index (Phi) is 14.1. The van der Waals surface area contributed by atoms with E-state index in [1.165, 1.54) is 12.8 Å². The fourth-order valence-electron chi connectivity index (χ4n) is 1.37. The normalized spacial score (nSPS) is 13.9. The van der Waals surface area contributed by atoms with Gasteiger partial charge in [0, 0.05) is 12.6 Å². The van der Waals surface area contributed by atoms with Crippen molar-refractivity contribution in [3.63, 3.8) is 0 Å². The fourth-order valence-corrected chi connectivity index (χ4v) is 3.83. The van der Waals surface area contributed by atoms with Crippen LogP contribution in [0.25, 0.3) is 0 Å². The summed E-state index contributed by atoms with van der Waals surface area (Å²) in [4.78, 5) is 3.47. The molecule has 4 nitrogen and oxygen atoms in total. The first-order chi connectivity index (χ1) is 9.95. The smallest absolute Gasteiger partial charge is 0.409 e. The van der Waals surface area contributed by atoms with Crippen molar-refractivity contribution in [1.82, 2.24) is 4.98 Å². The average molecular weight is 352 g/mol. The maximum Gasteiger partial charge on any atom is 0.409 e. The van der Waals surface area contributed by atoms with E-state index in [0.29, 0.717) is 6.04 Å². The molecule has 22 heavy (non-hydrogen) atoms. The van der Waals surface area contributed by atoms with Gasteiger partial charge in [0.05, 0.1) is 11.2 Å². The second-order valence-electron chi connectivity index (χ2n) is 7.61. The summed E-state index contributed by atoms with van der Waals surface area (Å²) >= 11 is 0. The van der Waals surface area contributed by atoms with Crippen LogP contribution >= 0.6 is 0 Å². The molecule has 0 spiro atoms. The van der Waals surface area contributed by atoms with Gasteiger partial charge in [-0.25, -0.2) is 0 Å². The maximum absolute atomic E-state index is 5.99. The third kappa shape index (κ3) is 20.3. The first-order valence-electron chi connectivity index (χ1n) is 8.55. The summed E-state index contributed by atoms with van der Waals surface area (Å²) in [6.07, 6.45) is 3.57. The monoisotopic (exact) mass is 351 g/mol. The van der Waals surface area contributed by atoms with Crippen LogP contribution in [0.15, 0.2) is 0 Å². The zero-order valence-electron chi connectivity index (χ0n) is 16.7. The largest absolute Gasteiger partial charge is 0.428 e. The molecule has 0 saturated heterocycles. The van der Waals surface area contributed by atoms with Gasteiger partial charge in [-0.2, -0.15) is 0 Å². The lowest BCUT2D eigenvalue weighted by Crippen LogP contribution is -2.51. The zero-order chi connectivity index (χ0) is 17.8. The van der Waals surface area contributed by atoms with Crippen LogP contribution in [0.2, 0.25) is 0 Å². The van der Waals surface area contributed by atoms with Crippen LogP contribution in [-0.4, -0.2) is 43.8 Å². The molecule has 0 aromatic heterocycles. The molecule has 1 atom stereocenters. The van der Waals surface area contributed by atoms with Gasteiger partial charge >= 0.3 is 9.45 Å². The van der Waals surface area contributed by atoms with E-state index in [4.69, 9.17) is 13.3 Å². The summed E-state index contributed by atoms with van der Waals surface area (Å²) in [6, 6.07) is 0.446. The van der Waals surface area contributed by atoms with E-state index in [1.54, 1.807) is 0 Å². The van der Waals surface area contributed by atoms with Crippen LogP contribution in [0.3, 0.4) is 0 Å². The van der Waals surface area contributed by atoms with Crippen LogP contribution in [-0.2, 0) is 13.3 Å². The lowest BCUT2D eigenvalue weighted by atomic mass is 10.2. The number of unbranched alkanes of at least 4 members (excludes halogenated alkanes) is 1. The van der Waals surface area contributed by atoms with E-state index in [0.717, 1.165) is 23.5 Å². The van der Waals surface area contributed by atoms with Crippen molar-refractivity contribution in [1.29, 1.82) is 0 Å². The molecule has 6 heteroatoms. The molecule has 0 bridgehead atoms. The van der Waals surface area contributed by atoms with Crippen LogP contribution in [0.1, 0.15) is 81.6 Å². The Morgan fingerprint density at radius 3 is 1.68 bits per heavy atom. The van der Waals surface area contributed by atoms with Gasteiger partial charge in [-0.1, -0.05) is 27.2 Å². The summed E-state index contributed by atoms with van der Waals surface area (Å²) in [5.41, 5.74) is -0.300. The molecule has 1 unspecified atom stereocenters. The highest BCUT2D eigenvalue weighted by molar-refractivity contribution is 6.41. The van der Waals surface area contributed by atoms with Crippen molar-refractivity contribution in [2.75, 3.05) is 6.61 Å². The number of rotatable bonds is 8. The molecule has 136 valence electrons. The second kappa shape index (κ2) is 12.7. The molecular formula is C16H41NO3Si2. The van der Waals surface area contributed by atoms with E-state index in [2.05, 4.69) is 67.3 Å². The lowest BCUT2D eigenvalue weighted by Gasteiger charge is -2.33. The first-order valence-corrected chi connectivity index (χ1v) is 10.9. The second-order valence-corrected chi connectivity index (χ2v) is 9.66. The van der Waals surface area contributed by atoms with E-state index in [9.17, 15) is 0 Å². The highest BCUT2D eigenvalue weighted by Gasteiger charge is 2.27. The quantitative estimate of drug-likeness (QED) is 0.539. The zero-order valence-corrected chi connectivity index (χ0v) is 19.9. The van der Waals surface area contributed by atoms with Gasteiger partial charge in [0.25, 0.3) is 0 Å². The molecule has 0 aliphatic heterocycles. The van der Waals surface area contributed by atoms with Crippen molar-refractivity contribution in [2.24, 2.45) is 0 Å². The summed E-state index contributed by atoms with van der Waals surface area (Å²) < 4.78 is 16.9. The lowest BCUT2D eigenvalue weighted by molar-refractivity contribution is 0.0267. The van der Waals surface area contributed by atoms with Crippen LogP contribution < -0.4 is 4.98 Å². The van der Waals surface area contributed by atoms with Gasteiger partial charge in [0.15, 0.2) is 0 Å². The highest BCUT2D eigenvalue weighted by Crippen LogP contribution is 2.14. The van der Waals surface area contributed by atoms with Crippen LogP contribution in [0.5, 0.6) is 0 Å².